The van der Waals surface area contributed by atoms with Crippen molar-refractivity contribution in [2.75, 3.05) is 16.4 Å². The lowest BCUT2D eigenvalue weighted by Crippen LogP contribution is -2.17. The molecule has 4 rings (SSSR count). The van der Waals surface area contributed by atoms with E-state index >= 15 is 0 Å². The topological polar surface area (TPSA) is 115 Å². The van der Waals surface area contributed by atoms with E-state index in [-0.39, 0.29) is 11.5 Å². The first-order valence-corrected chi connectivity index (χ1v) is 9.33. The third-order valence-electron chi connectivity index (χ3n) is 4.73. The number of nitrogens with zero attached hydrogens (tertiary/aromatic N) is 3. The van der Waals surface area contributed by atoms with Gasteiger partial charge in [-0.05, 0) is 35.9 Å². The number of nitrogens with two attached hydrogens (primary N) is 1. The maximum atomic E-state index is 12.4. The number of aromatic nitrogens is 3. The molecule has 2 aromatic heterocycles. The standard InChI is InChI=1S/C22H20N6O2/c1-28-19(29)11-10-16-13-25-22(27-20(16)28)24-12-14-6-8-15(9-7-14)21(30)26-18-5-3-2-4-17(18)23/h2-11,13H,12,23H2,1H3,(H,26,30)(H,24,25,27). The second-order valence-corrected chi connectivity index (χ2v) is 6.79. The number of rotatable bonds is 5. The third kappa shape index (κ3) is 3.97. The van der Waals surface area contributed by atoms with Crippen molar-refractivity contribution < 1.29 is 4.79 Å². The zero-order chi connectivity index (χ0) is 21.1. The van der Waals surface area contributed by atoms with E-state index in [9.17, 15) is 9.59 Å². The Hall–Kier alpha value is -4.20. The van der Waals surface area contributed by atoms with Crippen molar-refractivity contribution in [3.63, 3.8) is 0 Å². The highest BCUT2D eigenvalue weighted by molar-refractivity contribution is 6.05. The van der Waals surface area contributed by atoms with Gasteiger partial charge < -0.3 is 16.4 Å². The van der Waals surface area contributed by atoms with E-state index in [0.717, 1.165) is 10.9 Å². The summed E-state index contributed by atoms with van der Waals surface area (Å²) in [6, 6.07) is 17.5. The van der Waals surface area contributed by atoms with Crippen LogP contribution < -0.4 is 21.9 Å². The number of anilines is 3. The van der Waals surface area contributed by atoms with Crippen molar-refractivity contribution in [3.8, 4) is 0 Å². The van der Waals surface area contributed by atoms with E-state index in [0.29, 0.717) is 35.1 Å². The van der Waals surface area contributed by atoms with Crippen LogP contribution in [-0.2, 0) is 13.6 Å². The van der Waals surface area contributed by atoms with Crippen LogP contribution in [0.2, 0.25) is 0 Å². The Morgan fingerprint density at radius 2 is 1.83 bits per heavy atom. The van der Waals surface area contributed by atoms with Crippen molar-refractivity contribution in [3.05, 3.63) is 88.3 Å². The molecule has 1 amide bonds. The number of carbonyl (C=O) groups is 1. The van der Waals surface area contributed by atoms with Crippen LogP contribution in [0.25, 0.3) is 11.0 Å². The van der Waals surface area contributed by atoms with Gasteiger partial charge in [-0.2, -0.15) is 4.98 Å². The molecule has 0 aliphatic rings. The first kappa shape index (κ1) is 19.1. The van der Waals surface area contributed by atoms with Crippen LogP contribution in [0.5, 0.6) is 0 Å². The van der Waals surface area contributed by atoms with Gasteiger partial charge in [0.15, 0.2) is 0 Å². The number of nitrogens with one attached hydrogen (secondary N) is 2. The number of benzene rings is 2. The van der Waals surface area contributed by atoms with Crippen molar-refractivity contribution >= 4 is 34.3 Å². The molecule has 2 aromatic carbocycles. The number of fused-ring (bicyclic) bond motifs is 1. The fraction of sp³-hybridized carbons (Fsp3) is 0.0909. The minimum absolute atomic E-state index is 0.127. The van der Waals surface area contributed by atoms with Gasteiger partial charge in [-0.3, -0.25) is 14.2 Å². The summed E-state index contributed by atoms with van der Waals surface area (Å²) in [5, 5.41) is 6.73. The summed E-state index contributed by atoms with van der Waals surface area (Å²) in [5.74, 6) is 0.191. The lowest BCUT2D eigenvalue weighted by molar-refractivity contribution is 0.102. The van der Waals surface area contributed by atoms with Gasteiger partial charge in [0.25, 0.3) is 11.5 Å². The summed E-state index contributed by atoms with van der Waals surface area (Å²) in [7, 11) is 1.67. The van der Waals surface area contributed by atoms with Crippen LogP contribution in [0, 0.1) is 0 Å². The fourth-order valence-corrected chi connectivity index (χ4v) is 2.99. The zero-order valence-corrected chi connectivity index (χ0v) is 16.3. The van der Waals surface area contributed by atoms with Crippen LogP contribution in [0.3, 0.4) is 0 Å². The summed E-state index contributed by atoms with van der Waals surface area (Å²) >= 11 is 0. The van der Waals surface area contributed by atoms with Gasteiger partial charge in [0.1, 0.15) is 5.65 Å². The molecule has 8 nitrogen and oxygen atoms in total. The minimum atomic E-state index is -0.230. The van der Waals surface area contributed by atoms with Gasteiger partial charge in [0, 0.05) is 36.8 Å². The molecule has 150 valence electrons. The number of hydrogen-bond donors (Lipinski definition) is 3. The van der Waals surface area contributed by atoms with Gasteiger partial charge in [-0.1, -0.05) is 24.3 Å². The van der Waals surface area contributed by atoms with E-state index < -0.39 is 0 Å². The van der Waals surface area contributed by atoms with E-state index in [2.05, 4.69) is 20.6 Å². The lowest BCUT2D eigenvalue weighted by Gasteiger charge is -2.09. The van der Waals surface area contributed by atoms with E-state index in [1.54, 1.807) is 43.6 Å². The van der Waals surface area contributed by atoms with E-state index in [1.165, 1.54) is 10.6 Å². The Balaban J connectivity index is 1.43. The molecule has 30 heavy (non-hydrogen) atoms. The van der Waals surface area contributed by atoms with E-state index in [1.807, 2.05) is 24.3 Å². The first-order chi connectivity index (χ1) is 14.5. The maximum absolute atomic E-state index is 12.4. The highest BCUT2D eigenvalue weighted by atomic mass is 16.1. The second-order valence-electron chi connectivity index (χ2n) is 6.79. The Bertz CT molecular complexity index is 1280. The molecule has 8 heteroatoms. The average molecular weight is 400 g/mol. The van der Waals surface area contributed by atoms with Crippen LogP contribution in [-0.4, -0.2) is 20.4 Å². The minimum Gasteiger partial charge on any atom is -0.397 e. The largest absolute Gasteiger partial charge is 0.397 e. The van der Waals surface area contributed by atoms with Crippen LogP contribution in [0.15, 0.2) is 71.7 Å². The molecular weight excluding hydrogens is 380 g/mol. The zero-order valence-electron chi connectivity index (χ0n) is 16.3. The van der Waals surface area contributed by atoms with Crippen molar-refractivity contribution in [1.29, 1.82) is 0 Å². The number of para-hydroxylation sites is 2. The number of pyridine rings is 1. The Labute approximate surface area is 172 Å². The van der Waals surface area contributed by atoms with Crippen LogP contribution in [0.4, 0.5) is 17.3 Å². The van der Waals surface area contributed by atoms with Crippen molar-refractivity contribution in [2.45, 2.75) is 6.54 Å². The number of nitrogen functional groups attached to an aromatic ring is 1. The summed E-state index contributed by atoms with van der Waals surface area (Å²) in [5.41, 5.74) is 8.88. The average Bonchev–Trinajstić information content (AvgIpc) is 2.77. The highest BCUT2D eigenvalue weighted by Crippen LogP contribution is 2.18. The van der Waals surface area contributed by atoms with Crippen molar-refractivity contribution in [1.82, 2.24) is 14.5 Å². The number of hydrogen-bond acceptors (Lipinski definition) is 6. The molecular formula is C22H20N6O2. The summed E-state index contributed by atoms with van der Waals surface area (Å²) in [6.07, 6.45) is 1.67. The maximum Gasteiger partial charge on any atom is 0.255 e. The molecule has 0 bridgehead atoms. The normalized spacial score (nSPS) is 10.7. The lowest BCUT2D eigenvalue weighted by atomic mass is 10.1. The Morgan fingerprint density at radius 1 is 1.07 bits per heavy atom. The molecule has 0 radical (unpaired) electrons. The van der Waals surface area contributed by atoms with Gasteiger partial charge in [0.05, 0.1) is 11.4 Å². The fourth-order valence-electron chi connectivity index (χ4n) is 2.99. The molecule has 0 fully saturated rings. The van der Waals surface area contributed by atoms with Gasteiger partial charge in [0.2, 0.25) is 5.95 Å². The number of aryl methyl sites for hydroxylation is 1. The molecule has 0 atom stereocenters. The molecule has 0 aliphatic heterocycles. The molecule has 0 saturated heterocycles. The summed E-state index contributed by atoms with van der Waals surface area (Å²) in [6.45, 7) is 0.472. The molecule has 4 N–H and O–H groups in total. The summed E-state index contributed by atoms with van der Waals surface area (Å²) in [4.78, 5) is 32.9. The monoisotopic (exact) mass is 400 g/mol. The van der Waals surface area contributed by atoms with Crippen molar-refractivity contribution in [2.24, 2.45) is 7.05 Å². The SMILES string of the molecule is Cn1c(=O)ccc2cnc(NCc3ccc(C(=O)Nc4ccccc4N)cc3)nc21. The van der Waals surface area contributed by atoms with Gasteiger partial charge >= 0.3 is 0 Å². The van der Waals surface area contributed by atoms with Gasteiger partial charge in [-0.25, -0.2) is 4.98 Å². The molecule has 4 aromatic rings. The van der Waals surface area contributed by atoms with Crippen LogP contribution in [0.1, 0.15) is 15.9 Å². The predicted molar refractivity (Wildman–Crippen MR) is 117 cm³/mol. The predicted octanol–water partition coefficient (Wildman–Crippen LogP) is 2.78. The molecule has 0 unspecified atom stereocenters. The molecule has 2 heterocycles. The first-order valence-electron chi connectivity index (χ1n) is 9.33. The quantitative estimate of drug-likeness (QED) is 0.444. The Kier molecular flexibility index (Phi) is 5.13. The number of carbonyl (C=O) groups excluding carboxylic acids is 1. The molecule has 0 spiro atoms. The number of amides is 1. The molecule has 0 aliphatic carbocycles. The van der Waals surface area contributed by atoms with Gasteiger partial charge in [-0.15, -0.1) is 0 Å². The van der Waals surface area contributed by atoms with Crippen LogP contribution >= 0.6 is 0 Å². The van der Waals surface area contributed by atoms with E-state index in [4.69, 9.17) is 5.73 Å². The molecule has 0 saturated carbocycles. The smallest absolute Gasteiger partial charge is 0.255 e. The Morgan fingerprint density at radius 3 is 2.60 bits per heavy atom. The summed E-state index contributed by atoms with van der Waals surface area (Å²) < 4.78 is 1.48. The second kappa shape index (κ2) is 8.04. The highest BCUT2D eigenvalue weighted by Gasteiger charge is 2.08. The third-order valence-corrected chi connectivity index (χ3v) is 4.73.